The van der Waals surface area contributed by atoms with Crippen LogP contribution in [0.2, 0.25) is 0 Å². The van der Waals surface area contributed by atoms with Gasteiger partial charge < -0.3 is 15.4 Å². The minimum atomic E-state index is -0.343. The van der Waals surface area contributed by atoms with Gasteiger partial charge in [-0.1, -0.05) is 30.3 Å². The number of amides is 1. The number of hydrogen-bond donors (Lipinski definition) is 3. The molecular formula is C17H19N3O3. The number of nitrogens with one attached hydrogen (secondary N) is 2. The summed E-state index contributed by atoms with van der Waals surface area (Å²) in [6.07, 6.45) is 4.21. The maximum absolute atomic E-state index is 12.3. The number of rotatable bonds is 5. The van der Waals surface area contributed by atoms with Crippen LogP contribution in [-0.2, 0) is 6.42 Å². The van der Waals surface area contributed by atoms with Gasteiger partial charge in [-0.2, -0.15) is 0 Å². The molecule has 1 amide bonds. The minimum absolute atomic E-state index is 0.0676. The van der Waals surface area contributed by atoms with E-state index < -0.39 is 0 Å². The summed E-state index contributed by atoms with van der Waals surface area (Å²) in [5.41, 5.74) is 0.973. The van der Waals surface area contributed by atoms with Crippen molar-refractivity contribution in [3.8, 4) is 0 Å². The number of hydrogen-bond acceptors (Lipinski definition) is 4. The molecule has 3 N–H and O–H groups in total. The van der Waals surface area contributed by atoms with Crippen molar-refractivity contribution >= 4 is 5.91 Å². The van der Waals surface area contributed by atoms with E-state index in [0.29, 0.717) is 19.3 Å². The zero-order valence-corrected chi connectivity index (χ0v) is 12.6. The summed E-state index contributed by atoms with van der Waals surface area (Å²) in [7, 11) is 0. The van der Waals surface area contributed by atoms with E-state index in [4.69, 9.17) is 0 Å². The third kappa shape index (κ3) is 3.84. The Morgan fingerprint density at radius 3 is 2.70 bits per heavy atom. The Kier molecular flexibility index (Phi) is 4.52. The smallest absolute Gasteiger partial charge is 0.271 e. The monoisotopic (exact) mass is 313 g/mol. The van der Waals surface area contributed by atoms with Crippen molar-refractivity contribution in [2.45, 2.75) is 31.4 Å². The molecule has 0 unspecified atom stereocenters. The van der Waals surface area contributed by atoms with Crippen LogP contribution in [0, 0.1) is 5.92 Å². The average molecular weight is 313 g/mol. The highest BCUT2D eigenvalue weighted by atomic mass is 16.3. The molecule has 1 aliphatic rings. The van der Waals surface area contributed by atoms with Crippen LogP contribution in [0.1, 0.15) is 28.9 Å². The third-order valence-electron chi connectivity index (χ3n) is 4.24. The van der Waals surface area contributed by atoms with Crippen molar-refractivity contribution in [2.24, 2.45) is 5.92 Å². The van der Waals surface area contributed by atoms with E-state index in [1.54, 1.807) is 0 Å². The first-order chi connectivity index (χ1) is 11.1. The number of carbonyl (C=O) groups is 1. The molecule has 0 bridgehead atoms. The zero-order valence-electron chi connectivity index (χ0n) is 12.6. The summed E-state index contributed by atoms with van der Waals surface area (Å²) in [6, 6.07) is 9.86. The normalized spacial score (nSPS) is 21.3. The first-order valence-corrected chi connectivity index (χ1v) is 7.69. The molecular weight excluding hydrogens is 294 g/mol. The van der Waals surface area contributed by atoms with Crippen LogP contribution in [0.25, 0.3) is 0 Å². The molecule has 6 nitrogen and oxygen atoms in total. The molecule has 0 aliphatic heterocycles. The van der Waals surface area contributed by atoms with Gasteiger partial charge in [-0.15, -0.1) is 0 Å². The van der Waals surface area contributed by atoms with E-state index in [-0.39, 0.29) is 35.2 Å². The van der Waals surface area contributed by atoms with E-state index >= 15 is 0 Å². The van der Waals surface area contributed by atoms with Gasteiger partial charge in [0.15, 0.2) is 0 Å². The molecule has 23 heavy (non-hydrogen) atoms. The Balaban J connectivity index is 1.71. The molecule has 1 aliphatic carbocycles. The molecule has 1 aromatic heterocycles. The zero-order chi connectivity index (χ0) is 16.2. The number of carbonyl (C=O) groups excluding carboxylic acids is 1. The quantitative estimate of drug-likeness (QED) is 0.763. The van der Waals surface area contributed by atoms with Crippen molar-refractivity contribution in [3.05, 3.63) is 64.3 Å². The summed E-state index contributed by atoms with van der Waals surface area (Å²) in [6.45, 7) is 0. The number of aromatic amines is 1. The van der Waals surface area contributed by atoms with Gasteiger partial charge in [-0.25, -0.2) is 4.98 Å². The predicted octanol–water partition coefficient (Wildman–Crippen LogP) is 0.882. The lowest BCUT2D eigenvalue weighted by Gasteiger charge is -2.38. The van der Waals surface area contributed by atoms with Crippen LogP contribution in [0.3, 0.4) is 0 Å². The number of aromatic nitrogens is 2. The van der Waals surface area contributed by atoms with Crippen LogP contribution in [0.15, 0.2) is 47.5 Å². The molecule has 1 atom stereocenters. The number of nitrogens with zero attached hydrogens (tertiary/aromatic N) is 1. The summed E-state index contributed by atoms with van der Waals surface area (Å²) >= 11 is 0. The second-order valence-electron chi connectivity index (χ2n) is 5.95. The molecule has 6 heteroatoms. The molecule has 1 saturated carbocycles. The van der Waals surface area contributed by atoms with Crippen LogP contribution in [0.5, 0.6) is 0 Å². The molecule has 0 saturated heterocycles. The van der Waals surface area contributed by atoms with Gasteiger partial charge in [0.1, 0.15) is 5.69 Å². The van der Waals surface area contributed by atoms with E-state index in [9.17, 15) is 14.7 Å². The lowest BCUT2D eigenvalue weighted by molar-refractivity contribution is 0.0238. The molecule has 2 aromatic rings. The lowest BCUT2D eigenvalue weighted by atomic mass is 9.75. The van der Waals surface area contributed by atoms with Crippen molar-refractivity contribution in [1.29, 1.82) is 0 Å². The highest BCUT2D eigenvalue weighted by molar-refractivity contribution is 5.92. The highest BCUT2D eigenvalue weighted by Crippen LogP contribution is 2.31. The Hall–Kier alpha value is -2.47. The number of aliphatic hydroxyl groups excluding tert-OH is 1. The molecule has 1 aromatic carbocycles. The van der Waals surface area contributed by atoms with Gasteiger partial charge in [0.25, 0.3) is 11.5 Å². The second-order valence-corrected chi connectivity index (χ2v) is 5.95. The molecule has 1 heterocycles. The van der Waals surface area contributed by atoms with Crippen LogP contribution < -0.4 is 10.9 Å². The molecule has 120 valence electrons. The van der Waals surface area contributed by atoms with Gasteiger partial charge in [-0.05, 0) is 30.7 Å². The van der Waals surface area contributed by atoms with Crippen LogP contribution >= 0.6 is 0 Å². The van der Waals surface area contributed by atoms with Crippen molar-refractivity contribution in [2.75, 3.05) is 0 Å². The number of benzene rings is 1. The van der Waals surface area contributed by atoms with Crippen LogP contribution in [0.4, 0.5) is 0 Å². The molecule has 0 radical (unpaired) electrons. The number of H-pyrrole nitrogens is 1. The standard InChI is InChI=1S/C17H19N3O3/c21-13-7-12(8-13)14(6-11-4-2-1-3-5-11)20-17(23)15-9-19-16(22)10-18-15/h1-5,9-10,12-14,21H,6-8H2,(H,19,22)(H,20,23)/t12?,13?,14-/m1/s1. The molecule has 0 spiro atoms. The molecule has 3 rings (SSSR count). The fourth-order valence-electron chi connectivity index (χ4n) is 2.87. The van der Waals surface area contributed by atoms with Gasteiger partial charge in [0.05, 0.1) is 12.3 Å². The topological polar surface area (TPSA) is 95.1 Å². The first kappa shape index (κ1) is 15.4. The predicted molar refractivity (Wildman–Crippen MR) is 85.0 cm³/mol. The second kappa shape index (κ2) is 6.75. The van der Waals surface area contributed by atoms with Crippen molar-refractivity contribution < 1.29 is 9.90 Å². The minimum Gasteiger partial charge on any atom is -0.393 e. The van der Waals surface area contributed by atoms with Gasteiger partial charge in [0, 0.05) is 12.2 Å². The maximum Gasteiger partial charge on any atom is 0.271 e. The fourth-order valence-corrected chi connectivity index (χ4v) is 2.87. The Morgan fingerprint density at radius 1 is 1.35 bits per heavy atom. The Morgan fingerprint density at radius 2 is 2.09 bits per heavy atom. The Labute approximate surface area is 133 Å². The van der Waals surface area contributed by atoms with Gasteiger partial charge in [0.2, 0.25) is 0 Å². The summed E-state index contributed by atoms with van der Waals surface area (Å²) < 4.78 is 0. The fraction of sp³-hybridized carbons (Fsp3) is 0.353. The first-order valence-electron chi connectivity index (χ1n) is 7.69. The molecule has 1 fully saturated rings. The van der Waals surface area contributed by atoms with Gasteiger partial charge >= 0.3 is 0 Å². The van der Waals surface area contributed by atoms with E-state index in [1.807, 2.05) is 30.3 Å². The van der Waals surface area contributed by atoms with Crippen LogP contribution in [-0.4, -0.2) is 33.1 Å². The largest absolute Gasteiger partial charge is 0.393 e. The van der Waals surface area contributed by atoms with Crippen molar-refractivity contribution in [3.63, 3.8) is 0 Å². The number of aliphatic hydroxyl groups is 1. The SMILES string of the molecule is O=C(N[C@H](Cc1ccccc1)C1CC(O)C1)c1c[nH]c(=O)cn1. The lowest BCUT2D eigenvalue weighted by Crippen LogP contribution is -2.48. The summed E-state index contributed by atoms with van der Waals surface area (Å²) in [5.74, 6) is -0.0690. The Bertz CT molecular complexity index is 703. The van der Waals surface area contributed by atoms with E-state index in [0.717, 1.165) is 11.8 Å². The highest BCUT2D eigenvalue weighted by Gasteiger charge is 2.35. The summed E-state index contributed by atoms with van der Waals surface area (Å²) in [5, 5.41) is 12.5. The average Bonchev–Trinajstić information content (AvgIpc) is 2.53. The summed E-state index contributed by atoms with van der Waals surface area (Å²) in [4.78, 5) is 29.7. The third-order valence-corrected chi connectivity index (χ3v) is 4.24. The van der Waals surface area contributed by atoms with E-state index in [2.05, 4.69) is 15.3 Å². The van der Waals surface area contributed by atoms with E-state index in [1.165, 1.54) is 6.20 Å². The maximum atomic E-state index is 12.3. The van der Waals surface area contributed by atoms with Crippen molar-refractivity contribution in [1.82, 2.24) is 15.3 Å². The van der Waals surface area contributed by atoms with Gasteiger partial charge in [-0.3, -0.25) is 9.59 Å².